The molecule has 0 saturated carbocycles. The normalized spacial score (nSPS) is 12.7. The molecule has 0 aliphatic carbocycles. The van der Waals surface area contributed by atoms with Crippen molar-refractivity contribution in [3.63, 3.8) is 0 Å². The van der Waals surface area contributed by atoms with Crippen molar-refractivity contribution in [2.24, 2.45) is 0 Å². The smallest absolute Gasteiger partial charge is 0.198 e. The van der Waals surface area contributed by atoms with Crippen LogP contribution < -0.4 is 0 Å². The first kappa shape index (κ1) is 12.4. The third-order valence-electron chi connectivity index (χ3n) is 2.21. The van der Waals surface area contributed by atoms with E-state index in [0.29, 0.717) is 0 Å². The first-order valence-corrected chi connectivity index (χ1v) is 6.16. The summed E-state index contributed by atoms with van der Waals surface area (Å²) in [5.74, 6) is 0.0936. The van der Waals surface area contributed by atoms with E-state index in [1.807, 2.05) is 26.0 Å². The number of Topliss-reactive ketones (excluding diaryl/α,β-unsaturated/α-hetero) is 1. The summed E-state index contributed by atoms with van der Waals surface area (Å²) in [6.45, 7) is 6.34. The number of thiophene rings is 1. The minimum atomic E-state index is 0.0936. The molecule has 1 atom stereocenters. The van der Waals surface area contributed by atoms with Crippen molar-refractivity contribution >= 4 is 17.1 Å². The quantitative estimate of drug-likeness (QED) is 0.694. The number of hydrogen-bond donors (Lipinski definition) is 0. The molecule has 2 nitrogen and oxygen atoms in total. The average Bonchev–Trinajstić information content (AvgIpc) is 2.62. The van der Waals surface area contributed by atoms with Crippen molar-refractivity contribution in [3.05, 3.63) is 21.9 Å². The van der Waals surface area contributed by atoms with Gasteiger partial charge in [-0.05, 0) is 32.4 Å². The van der Waals surface area contributed by atoms with E-state index in [-0.39, 0.29) is 18.5 Å². The Morgan fingerprint density at radius 3 is 2.80 bits per heavy atom. The fourth-order valence-corrected chi connectivity index (χ4v) is 2.16. The zero-order chi connectivity index (χ0) is 11.3. The zero-order valence-electron chi connectivity index (χ0n) is 9.58. The molecule has 0 bridgehead atoms. The summed E-state index contributed by atoms with van der Waals surface area (Å²) in [4.78, 5) is 13.6. The number of aryl methyl sites for hydroxylation is 1. The molecule has 1 rings (SSSR count). The predicted molar refractivity (Wildman–Crippen MR) is 63.7 cm³/mol. The van der Waals surface area contributed by atoms with Crippen LogP contribution in [0.25, 0.3) is 0 Å². The van der Waals surface area contributed by atoms with Crippen LogP contribution in [0, 0.1) is 6.92 Å². The number of carbonyl (C=O) groups is 1. The molecule has 15 heavy (non-hydrogen) atoms. The Balaban J connectivity index is 2.36. The molecule has 0 spiro atoms. The lowest BCUT2D eigenvalue weighted by Gasteiger charge is -2.10. The Morgan fingerprint density at radius 1 is 1.53 bits per heavy atom. The van der Waals surface area contributed by atoms with Gasteiger partial charge in [0.15, 0.2) is 5.78 Å². The molecular formula is C12H18O2S. The molecule has 0 saturated heterocycles. The van der Waals surface area contributed by atoms with Crippen molar-refractivity contribution in [1.82, 2.24) is 0 Å². The fourth-order valence-electron chi connectivity index (χ4n) is 1.36. The van der Waals surface area contributed by atoms with Crippen molar-refractivity contribution in [1.29, 1.82) is 0 Å². The fraction of sp³-hybridized carbons (Fsp3) is 0.583. The lowest BCUT2D eigenvalue weighted by atomic mass is 10.2. The van der Waals surface area contributed by atoms with Gasteiger partial charge in [0, 0.05) is 4.88 Å². The maximum Gasteiger partial charge on any atom is 0.198 e. The molecule has 0 aliphatic rings. The van der Waals surface area contributed by atoms with Crippen LogP contribution in [-0.4, -0.2) is 18.5 Å². The van der Waals surface area contributed by atoms with Crippen LogP contribution in [0.1, 0.15) is 41.2 Å². The molecule has 1 heterocycles. The second kappa shape index (κ2) is 6.03. The molecule has 0 aliphatic heterocycles. The highest BCUT2D eigenvalue weighted by atomic mass is 32.1. The third kappa shape index (κ3) is 4.14. The number of hydrogen-bond acceptors (Lipinski definition) is 3. The molecule has 1 unspecified atom stereocenters. The van der Waals surface area contributed by atoms with Gasteiger partial charge in [0.25, 0.3) is 0 Å². The SMILES string of the molecule is CCCC(C)OCC(=O)c1ccc(C)s1. The van der Waals surface area contributed by atoms with Gasteiger partial charge in [-0.25, -0.2) is 0 Å². The van der Waals surface area contributed by atoms with Crippen LogP contribution in [-0.2, 0) is 4.74 Å². The largest absolute Gasteiger partial charge is 0.370 e. The Morgan fingerprint density at radius 2 is 2.27 bits per heavy atom. The van der Waals surface area contributed by atoms with E-state index in [2.05, 4.69) is 6.92 Å². The maximum atomic E-state index is 11.7. The van der Waals surface area contributed by atoms with E-state index in [1.165, 1.54) is 16.2 Å². The second-order valence-corrected chi connectivity index (χ2v) is 5.03. The first-order valence-electron chi connectivity index (χ1n) is 5.34. The summed E-state index contributed by atoms with van der Waals surface area (Å²) in [7, 11) is 0. The summed E-state index contributed by atoms with van der Waals surface area (Å²) in [6, 6.07) is 3.84. The Kier molecular flexibility index (Phi) is 4.99. The van der Waals surface area contributed by atoms with Crippen molar-refractivity contribution < 1.29 is 9.53 Å². The Bertz CT molecular complexity index is 317. The van der Waals surface area contributed by atoms with Crippen molar-refractivity contribution in [2.75, 3.05) is 6.61 Å². The summed E-state index contributed by atoms with van der Waals surface area (Å²) >= 11 is 1.53. The summed E-state index contributed by atoms with van der Waals surface area (Å²) in [6.07, 6.45) is 2.28. The molecule has 0 amide bonds. The lowest BCUT2D eigenvalue weighted by molar-refractivity contribution is 0.0493. The number of carbonyl (C=O) groups excluding carboxylic acids is 1. The lowest BCUT2D eigenvalue weighted by Crippen LogP contribution is -2.14. The standard InChI is InChI=1S/C12H18O2S/c1-4-5-9(2)14-8-11(13)12-7-6-10(3)15-12/h6-7,9H,4-5,8H2,1-3H3. The average molecular weight is 226 g/mol. The Labute approximate surface area is 95.3 Å². The van der Waals surface area contributed by atoms with E-state index in [9.17, 15) is 4.79 Å². The highest BCUT2D eigenvalue weighted by Crippen LogP contribution is 2.16. The first-order chi connectivity index (χ1) is 7.13. The van der Waals surface area contributed by atoms with Gasteiger partial charge in [0.1, 0.15) is 6.61 Å². The van der Waals surface area contributed by atoms with Gasteiger partial charge in [0.2, 0.25) is 0 Å². The van der Waals surface area contributed by atoms with E-state index in [0.717, 1.165) is 17.7 Å². The highest BCUT2D eigenvalue weighted by Gasteiger charge is 2.10. The number of ketones is 1. The molecule has 0 radical (unpaired) electrons. The van der Waals surface area contributed by atoms with Crippen molar-refractivity contribution in [2.45, 2.75) is 39.7 Å². The molecular weight excluding hydrogens is 208 g/mol. The van der Waals surface area contributed by atoms with E-state index in [4.69, 9.17) is 4.74 Å². The van der Waals surface area contributed by atoms with Gasteiger partial charge in [-0.15, -0.1) is 11.3 Å². The molecule has 0 aromatic carbocycles. The van der Waals surface area contributed by atoms with E-state index >= 15 is 0 Å². The van der Waals surface area contributed by atoms with E-state index < -0.39 is 0 Å². The third-order valence-corrected chi connectivity index (χ3v) is 3.25. The second-order valence-electron chi connectivity index (χ2n) is 3.74. The molecule has 1 aromatic rings. The Hall–Kier alpha value is -0.670. The number of rotatable bonds is 6. The summed E-state index contributed by atoms with van der Waals surface area (Å²) in [5.41, 5.74) is 0. The zero-order valence-corrected chi connectivity index (χ0v) is 10.4. The molecule has 1 aromatic heterocycles. The minimum absolute atomic E-state index is 0.0936. The van der Waals surface area contributed by atoms with Crippen LogP contribution in [0.2, 0.25) is 0 Å². The van der Waals surface area contributed by atoms with Gasteiger partial charge in [-0.2, -0.15) is 0 Å². The minimum Gasteiger partial charge on any atom is -0.370 e. The van der Waals surface area contributed by atoms with Crippen molar-refractivity contribution in [3.8, 4) is 0 Å². The van der Waals surface area contributed by atoms with Gasteiger partial charge in [-0.1, -0.05) is 13.3 Å². The van der Waals surface area contributed by atoms with Gasteiger partial charge < -0.3 is 4.74 Å². The molecule has 0 fully saturated rings. The molecule has 3 heteroatoms. The van der Waals surface area contributed by atoms with Crippen LogP contribution in [0.3, 0.4) is 0 Å². The van der Waals surface area contributed by atoms with Gasteiger partial charge >= 0.3 is 0 Å². The summed E-state index contributed by atoms with van der Waals surface area (Å²) in [5, 5.41) is 0. The molecule has 0 N–H and O–H groups in total. The maximum absolute atomic E-state index is 11.7. The van der Waals surface area contributed by atoms with Crippen LogP contribution in [0.4, 0.5) is 0 Å². The van der Waals surface area contributed by atoms with Crippen LogP contribution >= 0.6 is 11.3 Å². The molecule has 84 valence electrons. The highest BCUT2D eigenvalue weighted by molar-refractivity contribution is 7.14. The summed E-state index contributed by atoms with van der Waals surface area (Å²) < 4.78 is 5.46. The van der Waals surface area contributed by atoms with Gasteiger partial charge in [0.05, 0.1) is 11.0 Å². The van der Waals surface area contributed by atoms with E-state index in [1.54, 1.807) is 0 Å². The predicted octanol–water partition coefficient (Wildman–Crippen LogP) is 3.44. The number of ether oxygens (including phenoxy) is 1. The van der Waals surface area contributed by atoms with Gasteiger partial charge in [-0.3, -0.25) is 4.79 Å². The van der Waals surface area contributed by atoms with Crippen LogP contribution in [0.5, 0.6) is 0 Å². The topological polar surface area (TPSA) is 26.3 Å². The van der Waals surface area contributed by atoms with Crippen LogP contribution in [0.15, 0.2) is 12.1 Å². The monoisotopic (exact) mass is 226 g/mol.